The van der Waals surface area contributed by atoms with Crippen LogP contribution in [0.25, 0.3) is 0 Å². The largest absolute Gasteiger partial charge is 0.493 e. The molecule has 0 atom stereocenters. The SMILES string of the molecule is COc1ccc(NC(=O)c2ccc(COC(C)C)cc2)cc1OC(F)F. The van der Waals surface area contributed by atoms with E-state index in [1.54, 1.807) is 30.3 Å². The van der Waals surface area contributed by atoms with Gasteiger partial charge in [-0.2, -0.15) is 8.78 Å². The van der Waals surface area contributed by atoms with Gasteiger partial charge >= 0.3 is 6.61 Å². The molecule has 0 fully saturated rings. The van der Waals surface area contributed by atoms with Gasteiger partial charge < -0.3 is 19.5 Å². The molecule has 0 aliphatic carbocycles. The van der Waals surface area contributed by atoms with Gasteiger partial charge in [-0.25, -0.2) is 0 Å². The summed E-state index contributed by atoms with van der Waals surface area (Å²) in [5.41, 5.74) is 1.71. The van der Waals surface area contributed by atoms with Crippen LogP contribution >= 0.6 is 0 Å². The molecule has 0 aromatic heterocycles. The zero-order chi connectivity index (χ0) is 19.1. The van der Waals surface area contributed by atoms with Crippen LogP contribution in [-0.4, -0.2) is 25.7 Å². The van der Waals surface area contributed by atoms with E-state index in [0.29, 0.717) is 17.9 Å². The zero-order valence-corrected chi connectivity index (χ0v) is 14.8. The minimum atomic E-state index is -2.99. The Bertz CT molecular complexity index is 733. The van der Waals surface area contributed by atoms with Gasteiger partial charge in [0.1, 0.15) is 0 Å². The second-order valence-corrected chi connectivity index (χ2v) is 5.75. The molecule has 7 heteroatoms. The Hall–Kier alpha value is -2.67. The third-order valence-electron chi connectivity index (χ3n) is 3.44. The van der Waals surface area contributed by atoms with Crippen LogP contribution in [0.2, 0.25) is 0 Å². The predicted octanol–water partition coefficient (Wildman–Crippen LogP) is 4.47. The Morgan fingerprint density at radius 2 is 1.77 bits per heavy atom. The fourth-order valence-corrected chi connectivity index (χ4v) is 2.16. The number of methoxy groups -OCH3 is 1. The van der Waals surface area contributed by atoms with E-state index in [1.807, 2.05) is 13.8 Å². The van der Waals surface area contributed by atoms with Crippen molar-refractivity contribution < 1.29 is 27.8 Å². The summed E-state index contributed by atoms with van der Waals surface area (Å²) in [5.74, 6) is -0.367. The first-order valence-corrected chi connectivity index (χ1v) is 8.03. The molecule has 0 unspecified atom stereocenters. The minimum absolute atomic E-state index is 0.123. The molecule has 5 nitrogen and oxygen atoms in total. The van der Waals surface area contributed by atoms with Crippen LogP contribution in [0.1, 0.15) is 29.8 Å². The molecule has 0 bridgehead atoms. The molecule has 0 aliphatic heterocycles. The van der Waals surface area contributed by atoms with Gasteiger partial charge in [0.05, 0.1) is 19.8 Å². The van der Waals surface area contributed by atoms with E-state index >= 15 is 0 Å². The molecule has 0 radical (unpaired) electrons. The number of benzene rings is 2. The van der Waals surface area contributed by atoms with Crippen molar-refractivity contribution in [2.24, 2.45) is 0 Å². The lowest BCUT2D eigenvalue weighted by Gasteiger charge is -2.12. The summed E-state index contributed by atoms with van der Waals surface area (Å²) in [6.07, 6.45) is 0.123. The standard InChI is InChI=1S/C19H21F2NO4/c1-12(2)25-11-13-4-6-14(7-5-13)18(23)22-15-8-9-16(24-3)17(10-15)26-19(20)21/h4-10,12,19H,11H2,1-3H3,(H,22,23). The van der Waals surface area contributed by atoms with E-state index in [4.69, 9.17) is 9.47 Å². The number of rotatable bonds is 8. The van der Waals surface area contributed by atoms with Crippen molar-refractivity contribution in [1.82, 2.24) is 0 Å². The third-order valence-corrected chi connectivity index (χ3v) is 3.44. The van der Waals surface area contributed by atoms with Crippen molar-refractivity contribution in [2.75, 3.05) is 12.4 Å². The summed E-state index contributed by atoms with van der Waals surface area (Å²) in [6, 6.07) is 11.2. The van der Waals surface area contributed by atoms with Crippen molar-refractivity contribution in [2.45, 2.75) is 33.2 Å². The molecule has 0 aliphatic rings. The monoisotopic (exact) mass is 365 g/mol. The van der Waals surface area contributed by atoms with Gasteiger partial charge in [0, 0.05) is 17.3 Å². The van der Waals surface area contributed by atoms with E-state index in [0.717, 1.165) is 5.56 Å². The summed E-state index contributed by atoms with van der Waals surface area (Å²) in [5, 5.41) is 2.64. The van der Waals surface area contributed by atoms with E-state index in [9.17, 15) is 13.6 Å². The van der Waals surface area contributed by atoms with Crippen LogP contribution < -0.4 is 14.8 Å². The van der Waals surface area contributed by atoms with E-state index in [2.05, 4.69) is 10.1 Å². The normalized spacial score (nSPS) is 10.9. The van der Waals surface area contributed by atoms with Gasteiger partial charge in [-0.15, -0.1) is 0 Å². The van der Waals surface area contributed by atoms with Crippen LogP contribution in [0.4, 0.5) is 14.5 Å². The molecule has 2 aromatic carbocycles. The molecule has 0 saturated heterocycles. The third kappa shape index (κ3) is 5.70. The summed E-state index contributed by atoms with van der Waals surface area (Å²) in [6.45, 7) is 1.37. The zero-order valence-electron chi connectivity index (χ0n) is 14.8. The van der Waals surface area contributed by atoms with E-state index in [1.165, 1.54) is 19.2 Å². The number of ether oxygens (including phenoxy) is 3. The predicted molar refractivity (Wildman–Crippen MR) is 93.9 cm³/mol. The van der Waals surface area contributed by atoms with Crippen LogP contribution in [0.5, 0.6) is 11.5 Å². The Labute approximate surface area is 150 Å². The van der Waals surface area contributed by atoms with Crippen molar-refractivity contribution in [1.29, 1.82) is 0 Å². The Kier molecular flexibility index (Phi) is 6.91. The summed E-state index contributed by atoms with van der Waals surface area (Å²) >= 11 is 0. The average Bonchev–Trinajstić information content (AvgIpc) is 2.60. The number of alkyl halides is 2. The van der Waals surface area contributed by atoms with E-state index in [-0.39, 0.29) is 23.5 Å². The number of amides is 1. The number of hydrogen-bond acceptors (Lipinski definition) is 4. The maximum atomic E-state index is 12.5. The highest BCUT2D eigenvalue weighted by molar-refractivity contribution is 6.04. The first-order chi connectivity index (χ1) is 12.4. The molecule has 0 spiro atoms. The second-order valence-electron chi connectivity index (χ2n) is 5.75. The number of anilines is 1. The number of carbonyl (C=O) groups excluding carboxylic acids is 1. The van der Waals surface area contributed by atoms with Crippen LogP contribution in [0.3, 0.4) is 0 Å². The molecule has 1 N–H and O–H groups in total. The summed E-state index contributed by atoms with van der Waals surface area (Å²) < 4.78 is 39.8. The van der Waals surface area contributed by atoms with E-state index < -0.39 is 6.61 Å². The lowest BCUT2D eigenvalue weighted by atomic mass is 10.1. The molecule has 0 heterocycles. The Morgan fingerprint density at radius 3 is 2.35 bits per heavy atom. The highest BCUT2D eigenvalue weighted by Gasteiger charge is 2.13. The molecule has 26 heavy (non-hydrogen) atoms. The number of carbonyl (C=O) groups is 1. The maximum Gasteiger partial charge on any atom is 0.387 e. The molecule has 2 rings (SSSR count). The number of halogens is 2. The molecular formula is C19H21F2NO4. The smallest absolute Gasteiger partial charge is 0.387 e. The minimum Gasteiger partial charge on any atom is -0.493 e. The first-order valence-electron chi connectivity index (χ1n) is 8.03. The second kappa shape index (κ2) is 9.15. The fraction of sp³-hybridized carbons (Fsp3) is 0.316. The van der Waals surface area contributed by atoms with Gasteiger partial charge in [-0.1, -0.05) is 12.1 Å². The van der Waals surface area contributed by atoms with Crippen molar-refractivity contribution >= 4 is 11.6 Å². The maximum absolute atomic E-state index is 12.5. The van der Waals surface area contributed by atoms with Gasteiger partial charge in [-0.3, -0.25) is 4.79 Å². The van der Waals surface area contributed by atoms with Gasteiger partial charge in [0.25, 0.3) is 5.91 Å². The molecular weight excluding hydrogens is 344 g/mol. The molecule has 2 aromatic rings. The van der Waals surface area contributed by atoms with Crippen LogP contribution in [0, 0.1) is 0 Å². The number of hydrogen-bond donors (Lipinski definition) is 1. The van der Waals surface area contributed by atoms with Crippen LogP contribution in [0.15, 0.2) is 42.5 Å². The average molecular weight is 365 g/mol. The Morgan fingerprint density at radius 1 is 1.08 bits per heavy atom. The lowest BCUT2D eigenvalue weighted by Crippen LogP contribution is -2.12. The van der Waals surface area contributed by atoms with Crippen LogP contribution in [-0.2, 0) is 11.3 Å². The quantitative estimate of drug-likeness (QED) is 0.750. The molecule has 140 valence electrons. The lowest BCUT2D eigenvalue weighted by molar-refractivity contribution is -0.0511. The van der Waals surface area contributed by atoms with Crippen molar-refractivity contribution in [3.63, 3.8) is 0 Å². The van der Waals surface area contributed by atoms with Gasteiger partial charge in [0.2, 0.25) is 0 Å². The van der Waals surface area contributed by atoms with Crippen molar-refractivity contribution in [3.05, 3.63) is 53.6 Å². The molecule has 1 amide bonds. The first kappa shape index (κ1) is 19.7. The van der Waals surface area contributed by atoms with Gasteiger partial charge in [0.15, 0.2) is 11.5 Å². The van der Waals surface area contributed by atoms with Gasteiger partial charge in [-0.05, 0) is 43.7 Å². The fourth-order valence-electron chi connectivity index (χ4n) is 2.16. The number of nitrogens with one attached hydrogen (secondary N) is 1. The Balaban J connectivity index is 2.07. The highest BCUT2D eigenvalue weighted by Crippen LogP contribution is 2.31. The summed E-state index contributed by atoms with van der Waals surface area (Å²) in [7, 11) is 1.34. The highest BCUT2D eigenvalue weighted by atomic mass is 19.3. The molecule has 0 saturated carbocycles. The topological polar surface area (TPSA) is 56.8 Å². The van der Waals surface area contributed by atoms with Crippen molar-refractivity contribution in [3.8, 4) is 11.5 Å². The summed E-state index contributed by atoms with van der Waals surface area (Å²) in [4.78, 5) is 12.3.